The summed E-state index contributed by atoms with van der Waals surface area (Å²) in [6.07, 6.45) is 8.21. The van der Waals surface area contributed by atoms with Crippen molar-refractivity contribution in [1.29, 1.82) is 0 Å². The second-order valence-corrected chi connectivity index (χ2v) is 7.07. The van der Waals surface area contributed by atoms with E-state index in [2.05, 4.69) is 31.0 Å². The molecule has 2 rings (SSSR count). The van der Waals surface area contributed by atoms with Gasteiger partial charge in [0.2, 0.25) is 0 Å². The summed E-state index contributed by atoms with van der Waals surface area (Å²) in [5.41, 5.74) is 0. The molecule has 3 nitrogen and oxygen atoms in total. The highest BCUT2D eigenvalue weighted by Gasteiger charge is 2.27. The summed E-state index contributed by atoms with van der Waals surface area (Å²) in [6, 6.07) is 1.41. The predicted molar refractivity (Wildman–Crippen MR) is 85.1 cm³/mol. The van der Waals surface area contributed by atoms with Crippen molar-refractivity contribution in [1.82, 2.24) is 10.2 Å². The monoisotopic (exact) mass is 282 g/mol. The first-order chi connectivity index (χ1) is 9.69. The second-order valence-electron chi connectivity index (χ2n) is 7.07. The van der Waals surface area contributed by atoms with Crippen LogP contribution in [0, 0.1) is 5.92 Å². The molecular formula is C17H34N2O. The topological polar surface area (TPSA) is 24.5 Å². The van der Waals surface area contributed by atoms with E-state index in [-0.39, 0.29) is 0 Å². The quantitative estimate of drug-likeness (QED) is 0.810. The van der Waals surface area contributed by atoms with Gasteiger partial charge in [-0.3, -0.25) is 4.90 Å². The summed E-state index contributed by atoms with van der Waals surface area (Å²) >= 11 is 0. The van der Waals surface area contributed by atoms with Crippen LogP contribution in [-0.4, -0.2) is 49.3 Å². The molecule has 3 heteroatoms. The first-order valence-corrected chi connectivity index (χ1v) is 8.78. The fourth-order valence-electron chi connectivity index (χ4n) is 3.68. The van der Waals surface area contributed by atoms with Crippen LogP contribution in [0.2, 0.25) is 0 Å². The summed E-state index contributed by atoms with van der Waals surface area (Å²) < 4.78 is 5.89. The molecule has 3 atom stereocenters. The summed E-state index contributed by atoms with van der Waals surface area (Å²) in [7, 11) is 0. The number of ether oxygens (including phenoxy) is 1. The molecule has 0 amide bonds. The van der Waals surface area contributed by atoms with Gasteiger partial charge >= 0.3 is 0 Å². The number of hydrogen-bond donors (Lipinski definition) is 1. The molecule has 2 aliphatic rings. The minimum atomic E-state index is 0.527. The lowest BCUT2D eigenvalue weighted by molar-refractivity contribution is -0.000754. The highest BCUT2D eigenvalue weighted by Crippen LogP contribution is 2.19. The second kappa shape index (κ2) is 8.35. The standard InChI is InChI=1S/C17H34N2O/c1-4-16-12-18-15(11-14(2)3)13-19(16)9-8-17-7-5-6-10-20-17/h14-18H,4-13H2,1-3H3. The van der Waals surface area contributed by atoms with Crippen LogP contribution in [0.3, 0.4) is 0 Å². The van der Waals surface area contributed by atoms with E-state index >= 15 is 0 Å². The van der Waals surface area contributed by atoms with Crippen LogP contribution in [0.15, 0.2) is 0 Å². The first-order valence-electron chi connectivity index (χ1n) is 8.78. The van der Waals surface area contributed by atoms with Crippen molar-refractivity contribution in [2.75, 3.05) is 26.2 Å². The minimum Gasteiger partial charge on any atom is -0.378 e. The van der Waals surface area contributed by atoms with Gasteiger partial charge in [0.15, 0.2) is 0 Å². The van der Waals surface area contributed by atoms with E-state index in [0.29, 0.717) is 12.1 Å². The number of piperazine rings is 1. The van der Waals surface area contributed by atoms with Crippen LogP contribution in [0.4, 0.5) is 0 Å². The molecular weight excluding hydrogens is 248 g/mol. The third-order valence-corrected chi connectivity index (χ3v) is 4.85. The Balaban J connectivity index is 1.78. The molecule has 0 saturated carbocycles. The van der Waals surface area contributed by atoms with Crippen LogP contribution in [0.1, 0.15) is 59.3 Å². The maximum atomic E-state index is 5.89. The average molecular weight is 282 g/mol. The number of hydrogen-bond acceptors (Lipinski definition) is 3. The van der Waals surface area contributed by atoms with Crippen LogP contribution < -0.4 is 5.32 Å². The summed E-state index contributed by atoms with van der Waals surface area (Å²) in [5.74, 6) is 0.786. The lowest BCUT2D eigenvalue weighted by Gasteiger charge is -2.41. The van der Waals surface area contributed by atoms with Gasteiger partial charge < -0.3 is 10.1 Å². The third kappa shape index (κ3) is 5.01. The molecule has 1 N–H and O–H groups in total. The minimum absolute atomic E-state index is 0.527. The predicted octanol–water partition coefficient (Wildman–Crippen LogP) is 3.04. The van der Waals surface area contributed by atoms with Crippen molar-refractivity contribution in [2.45, 2.75) is 77.5 Å². The summed E-state index contributed by atoms with van der Waals surface area (Å²) in [4.78, 5) is 2.72. The smallest absolute Gasteiger partial charge is 0.0587 e. The van der Waals surface area contributed by atoms with E-state index < -0.39 is 0 Å². The van der Waals surface area contributed by atoms with Crippen molar-refractivity contribution in [3.8, 4) is 0 Å². The van der Waals surface area contributed by atoms with Crippen molar-refractivity contribution in [3.63, 3.8) is 0 Å². The molecule has 0 aromatic carbocycles. The molecule has 0 spiro atoms. The molecule has 2 heterocycles. The first kappa shape index (κ1) is 16.3. The Bertz CT molecular complexity index is 264. The highest BCUT2D eigenvalue weighted by molar-refractivity contribution is 4.86. The van der Waals surface area contributed by atoms with Crippen molar-refractivity contribution in [3.05, 3.63) is 0 Å². The van der Waals surface area contributed by atoms with Crippen LogP contribution in [-0.2, 0) is 4.74 Å². The van der Waals surface area contributed by atoms with Gasteiger partial charge in [0.05, 0.1) is 6.10 Å². The number of nitrogens with zero attached hydrogens (tertiary/aromatic N) is 1. The van der Waals surface area contributed by atoms with Gasteiger partial charge in [-0.1, -0.05) is 20.8 Å². The molecule has 2 fully saturated rings. The Kier molecular flexibility index (Phi) is 6.79. The molecule has 20 heavy (non-hydrogen) atoms. The third-order valence-electron chi connectivity index (χ3n) is 4.85. The average Bonchev–Trinajstić information content (AvgIpc) is 2.46. The van der Waals surface area contributed by atoms with Gasteiger partial charge in [0, 0.05) is 38.3 Å². The van der Waals surface area contributed by atoms with Gasteiger partial charge in [-0.05, 0) is 44.4 Å². The Morgan fingerprint density at radius 3 is 2.80 bits per heavy atom. The molecule has 118 valence electrons. The van der Waals surface area contributed by atoms with E-state index in [4.69, 9.17) is 4.74 Å². The molecule has 2 saturated heterocycles. The maximum Gasteiger partial charge on any atom is 0.0587 e. The largest absolute Gasteiger partial charge is 0.378 e. The normalized spacial score (nSPS) is 32.7. The Labute approximate surface area is 125 Å². The zero-order valence-corrected chi connectivity index (χ0v) is 13.7. The molecule has 0 aromatic heterocycles. The summed E-state index contributed by atoms with van der Waals surface area (Å²) in [6.45, 7) is 11.6. The number of nitrogens with one attached hydrogen (secondary N) is 1. The maximum absolute atomic E-state index is 5.89. The molecule has 3 unspecified atom stereocenters. The molecule has 0 aliphatic carbocycles. The van der Waals surface area contributed by atoms with Crippen LogP contribution >= 0.6 is 0 Å². The van der Waals surface area contributed by atoms with Gasteiger partial charge in [-0.15, -0.1) is 0 Å². The Morgan fingerprint density at radius 2 is 2.15 bits per heavy atom. The van der Waals surface area contributed by atoms with E-state index in [9.17, 15) is 0 Å². The Hall–Kier alpha value is -0.120. The van der Waals surface area contributed by atoms with Gasteiger partial charge in [-0.25, -0.2) is 0 Å². The molecule has 0 radical (unpaired) electrons. The van der Waals surface area contributed by atoms with E-state index in [1.807, 2.05) is 0 Å². The van der Waals surface area contributed by atoms with Crippen molar-refractivity contribution >= 4 is 0 Å². The molecule has 0 bridgehead atoms. The lowest BCUT2D eigenvalue weighted by Crippen LogP contribution is -2.57. The molecule has 2 aliphatic heterocycles. The zero-order chi connectivity index (χ0) is 14.4. The summed E-state index contributed by atoms with van der Waals surface area (Å²) in [5, 5.41) is 3.75. The van der Waals surface area contributed by atoms with Crippen molar-refractivity contribution < 1.29 is 4.74 Å². The Morgan fingerprint density at radius 1 is 1.30 bits per heavy atom. The fourth-order valence-corrected chi connectivity index (χ4v) is 3.68. The van der Waals surface area contributed by atoms with E-state index in [1.54, 1.807) is 0 Å². The van der Waals surface area contributed by atoms with E-state index in [0.717, 1.165) is 18.6 Å². The molecule has 0 aromatic rings. The fraction of sp³-hybridized carbons (Fsp3) is 1.00. The van der Waals surface area contributed by atoms with Crippen LogP contribution in [0.25, 0.3) is 0 Å². The van der Waals surface area contributed by atoms with Crippen LogP contribution in [0.5, 0.6) is 0 Å². The number of rotatable bonds is 6. The highest BCUT2D eigenvalue weighted by atomic mass is 16.5. The van der Waals surface area contributed by atoms with Gasteiger partial charge in [0.25, 0.3) is 0 Å². The van der Waals surface area contributed by atoms with Crippen molar-refractivity contribution in [2.24, 2.45) is 5.92 Å². The zero-order valence-electron chi connectivity index (χ0n) is 13.7. The van der Waals surface area contributed by atoms with Gasteiger partial charge in [-0.2, -0.15) is 0 Å². The van der Waals surface area contributed by atoms with Gasteiger partial charge in [0.1, 0.15) is 0 Å². The lowest BCUT2D eigenvalue weighted by atomic mass is 9.98. The SMILES string of the molecule is CCC1CNC(CC(C)C)CN1CCC1CCCCO1. The van der Waals surface area contributed by atoms with E-state index in [1.165, 1.54) is 58.2 Å².